The molecule has 2 N–H and O–H groups in total. The number of anilines is 1. The Bertz CT molecular complexity index is 1110. The number of aromatic nitrogens is 4. The first-order valence-electron chi connectivity index (χ1n) is 10.2. The number of aryl methyl sites for hydroxylation is 1. The average Bonchev–Trinajstić information content (AvgIpc) is 3.41. The summed E-state index contributed by atoms with van der Waals surface area (Å²) in [7, 11) is -3.61. The summed E-state index contributed by atoms with van der Waals surface area (Å²) in [4.78, 5) is 3.67. The Morgan fingerprint density at radius 3 is 2.60 bits per heavy atom. The van der Waals surface area contributed by atoms with Gasteiger partial charge in [-0.3, -0.25) is 9.78 Å². The molecule has 30 heavy (non-hydrogen) atoms. The maximum atomic E-state index is 13.1. The number of H-pyrrole nitrogens is 1. The van der Waals surface area contributed by atoms with Crippen LogP contribution in [0.1, 0.15) is 44.1 Å². The Labute approximate surface area is 181 Å². The number of hydrogen-bond acceptors (Lipinski definition) is 6. The van der Waals surface area contributed by atoms with Gasteiger partial charge < -0.3 is 4.90 Å². The van der Waals surface area contributed by atoms with Gasteiger partial charge in [0.15, 0.2) is 5.82 Å². The highest BCUT2D eigenvalue weighted by molar-refractivity contribution is 7.89. The highest BCUT2D eigenvalue weighted by atomic mass is 32.2. The van der Waals surface area contributed by atoms with Crippen LogP contribution < -0.4 is 9.62 Å². The molecular formula is C20H28N6O2S2. The lowest BCUT2D eigenvalue weighted by atomic mass is 10.1. The standard InChI is InChI=1S/C20H28N6O2S2/c1-13(2)26-15(4)20(14(3)23-26)30(27,28)24-16-7-9-25(10-8-16)19-12-17(21-22-19)18-6-5-11-29-18/h5-6,11-13,16,24H,7-10H2,1-4H3,(H,21,22). The summed E-state index contributed by atoms with van der Waals surface area (Å²) in [5.41, 5.74) is 2.24. The fraction of sp³-hybridized carbons (Fsp3) is 0.500. The lowest BCUT2D eigenvalue weighted by molar-refractivity contribution is 0.457. The molecule has 0 atom stereocenters. The van der Waals surface area contributed by atoms with Crippen molar-refractivity contribution in [3.8, 4) is 10.6 Å². The summed E-state index contributed by atoms with van der Waals surface area (Å²) >= 11 is 1.67. The highest BCUT2D eigenvalue weighted by Gasteiger charge is 2.30. The van der Waals surface area contributed by atoms with Crippen molar-refractivity contribution in [2.75, 3.05) is 18.0 Å². The molecule has 0 unspecified atom stereocenters. The molecule has 0 aliphatic carbocycles. The third-order valence-electron chi connectivity index (χ3n) is 5.51. The Balaban J connectivity index is 1.41. The van der Waals surface area contributed by atoms with Crippen LogP contribution in [-0.2, 0) is 10.0 Å². The monoisotopic (exact) mass is 448 g/mol. The van der Waals surface area contributed by atoms with Crippen molar-refractivity contribution >= 4 is 27.2 Å². The molecule has 4 heterocycles. The Morgan fingerprint density at radius 2 is 2.00 bits per heavy atom. The second-order valence-corrected chi connectivity index (χ2v) is 10.6. The van der Waals surface area contributed by atoms with Crippen molar-refractivity contribution in [2.45, 2.75) is 57.5 Å². The first-order chi connectivity index (χ1) is 14.3. The van der Waals surface area contributed by atoms with Gasteiger partial charge in [0, 0.05) is 31.2 Å². The molecule has 0 saturated carbocycles. The first kappa shape index (κ1) is 21.1. The van der Waals surface area contributed by atoms with Gasteiger partial charge in [-0.25, -0.2) is 13.1 Å². The van der Waals surface area contributed by atoms with Gasteiger partial charge in [-0.05, 0) is 52.0 Å². The minimum Gasteiger partial charge on any atom is -0.355 e. The van der Waals surface area contributed by atoms with Crippen LogP contribution in [0.4, 0.5) is 5.82 Å². The van der Waals surface area contributed by atoms with Crippen molar-refractivity contribution in [1.82, 2.24) is 24.7 Å². The van der Waals surface area contributed by atoms with Gasteiger partial charge in [-0.1, -0.05) is 6.07 Å². The molecule has 1 saturated heterocycles. The second-order valence-electron chi connectivity index (χ2n) is 8.04. The molecule has 0 aromatic carbocycles. The fourth-order valence-corrected chi connectivity index (χ4v) is 6.47. The predicted molar refractivity (Wildman–Crippen MR) is 120 cm³/mol. The van der Waals surface area contributed by atoms with Gasteiger partial charge >= 0.3 is 0 Å². The van der Waals surface area contributed by atoms with Gasteiger partial charge in [0.2, 0.25) is 10.0 Å². The zero-order valence-electron chi connectivity index (χ0n) is 17.7. The van der Waals surface area contributed by atoms with Crippen LogP contribution in [0.25, 0.3) is 10.6 Å². The van der Waals surface area contributed by atoms with Gasteiger partial charge in [-0.2, -0.15) is 10.2 Å². The van der Waals surface area contributed by atoms with Gasteiger partial charge in [0.25, 0.3) is 0 Å². The predicted octanol–water partition coefficient (Wildman–Crippen LogP) is 3.48. The van der Waals surface area contributed by atoms with Crippen molar-refractivity contribution in [1.29, 1.82) is 0 Å². The molecule has 0 amide bonds. The van der Waals surface area contributed by atoms with Crippen LogP contribution in [0.3, 0.4) is 0 Å². The number of nitrogens with zero attached hydrogens (tertiary/aromatic N) is 4. The molecule has 162 valence electrons. The summed E-state index contributed by atoms with van der Waals surface area (Å²) in [6.07, 6.45) is 1.47. The number of nitrogens with one attached hydrogen (secondary N) is 2. The SMILES string of the molecule is Cc1nn(C(C)C)c(C)c1S(=O)(=O)NC1CCN(c2cc(-c3cccs3)[nH]n2)CC1. The fourth-order valence-electron chi connectivity index (χ4n) is 4.08. The molecule has 3 aromatic heterocycles. The van der Waals surface area contributed by atoms with E-state index in [1.54, 1.807) is 22.9 Å². The van der Waals surface area contributed by atoms with Crippen LogP contribution in [0.2, 0.25) is 0 Å². The quantitative estimate of drug-likeness (QED) is 0.602. The molecular weight excluding hydrogens is 420 g/mol. The van der Waals surface area contributed by atoms with E-state index in [0.717, 1.165) is 42.3 Å². The summed E-state index contributed by atoms with van der Waals surface area (Å²) in [6.45, 7) is 9.08. The molecule has 3 aromatic rings. The Kier molecular flexibility index (Phi) is 5.73. The molecule has 1 aliphatic rings. The largest absolute Gasteiger partial charge is 0.355 e. The second kappa shape index (κ2) is 8.16. The van der Waals surface area contributed by atoms with Crippen LogP contribution in [0.5, 0.6) is 0 Å². The summed E-state index contributed by atoms with van der Waals surface area (Å²) in [5, 5.41) is 14.0. The van der Waals surface area contributed by atoms with Crippen LogP contribution in [0.15, 0.2) is 28.5 Å². The molecule has 0 radical (unpaired) electrons. The molecule has 10 heteroatoms. The summed E-state index contributed by atoms with van der Waals surface area (Å²) in [5.74, 6) is 0.907. The van der Waals surface area contributed by atoms with Crippen molar-refractivity contribution in [3.63, 3.8) is 0 Å². The normalized spacial score (nSPS) is 16.0. The van der Waals surface area contributed by atoms with E-state index in [1.807, 2.05) is 32.2 Å². The van der Waals surface area contributed by atoms with E-state index in [9.17, 15) is 8.42 Å². The number of sulfonamides is 1. The summed E-state index contributed by atoms with van der Waals surface area (Å²) < 4.78 is 30.8. The lowest BCUT2D eigenvalue weighted by Crippen LogP contribution is -2.45. The zero-order chi connectivity index (χ0) is 21.5. The van der Waals surface area contributed by atoms with Gasteiger partial charge in [0.05, 0.1) is 22.0 Å². The van der Waals surface area contributed by atoms with Crippen molar-refractivity contribution in [2.24, 2.45) is 0 Å². The highest BCUT2D eigenvalue weighted by Crippen LogP contribution is 2.28. The minimum absolute atomic E-state index is 0.0943. The van der Waals surface area contributed by atoms with E-state index in [4.69, 9.17) is 0 Å². The van der Waals surface area contributed by atoms with Crippen LogP contribution in [0, 0.1) is 13.8 Å². The Hall–Kier alpha value is -2.17. The number of rotatable bonds is 6. The van der Waals surface area contributed by atoms with Crippen molar-refractivity contribution < 1.29 is 8.42 Å². The van der Waals surface area contributed by atoms with Gasteiger partial charge in [-0.15, -0.1) is 11.3 Å². The van der Waals surface area contributed by atoms with E-state index >= 15 is 0 Å². The summed E-state index contributed by atoms with van der Waals surface area (Å²) in [6, 6.07) is 6.16. The van der Waals surface area contributed by atoms with Crippen LogP contribution >= 0.6 is 11.3 Å². The zero-order valence-corrected chi connectivity index (χ0v) is 19.3. The molecule has 0 bridgehead atoms. The lowest BCUT2D eigenvalue weighted by Gasteiger charge is -2.32. The van der Waals surface area contributed by atoms with E-state index < -0.39 is 10.0 Å². The minimum atomic E-state index is -3.61. The molecule has 1 aliphatic heterocycles. The Morgan fingerprint density at radius 1 is 1.27 bits per heavy atom. The number of thiophene rings is 1. The van der Waals surface area contributed by atoms with Crippen molar-refractivity contribution in [3.05, 3.63) is 35.0 Å². The van der Waals surface area contributed by atoms with E-state index in [2.05, 4.69) is 37.1 Å². The molecule has 8 nitrogen and oxygen atoms in total. The third kappa shape index (κ3) is 4.03. The average molecular weight is 449 g/mol. The van der Waals surface area contributed by atoms with Crippen LogP contribution in [-0.4, -0.2) is 47.5 Å². The maximum absolute atomic E-state index is 13.1. The van der Waals surface area contributed by atoms with Gasteiger partial charge in [0.1, 0.15) is 4.90 Å². The topological polar surface area (TPSA) is 95.9 Å². The number of hydrogen-bond donors (Lipinski definition) is 2. The third-order valence-corrected chi connectivity index (χ3v) is 8.18. The molecule has 4 rings (SSSR count). The molecule has 0 spiro atoms. The van der Waals surface area contributed by atoms with E-state index in [0.29, 0.717) is 16.3 Å². The smallest absolute Gasteiger partial charge is 0.244 e. The van der Waals surface area contributed by atoms with E-state index in [-0.39, 0.29) is 12.1 Å². The first-order valence-corrected chi connectivity index (χ1v) is 12.5. The number of piperidine rings is 1. The molecule has 1 fully saturated rings. The maximum Gasteiger partial charge on any atom is 0.244 e. The number of aromatic amines is 1. The van der Waals surface area contributed by atoms with E-state index in [1.165, 1.54) is 0 Å².